The lowest BCUT2D eigenvalue weighted by Gasteiger charge is -2.28. The molecule has 1 saturated heterocycles. The molecule has 110 valence electrons. The number of carboxylic acid groups (broad SMARTS) is 1. The smallest absolute Gasteiger partial charge is 0.410 e. The second-order valence-electron chi connectivity index (χ2n) is 6.11. The Labute approximate surface area is 113 Å². The highest BCUT2D eigenvalue weighted by atomic mass is 16.6. The van der Waals surface area contributed by atoms with Crippen LogP contribution in [0, 0.1) is 5.41 Å². The van der Waals surface area contributed by atoms with E-state index in [4.69, 9.17) is 10.5 Å². The van der Waals surface area contributed by atoms with E-state index in [2.05, 4.69) is 0 Å². The fourth-order valence-electron chi connectivity index (χ4n) is 2.21. The lowest BCUT2D eigenvalue weighted by molar-refractivity contribution is -0.149. The fourth-order valence-corrected chi connectivity index (χ4v) is 2.21. The molecule has 1 aliphatic heterocycles. The zero-order valence-electron chi connectivity index (χ0n) is 11.9. The van der Waals surface area contributed by atoms with Crippen LogP contribution in [-0.4, -0.2) is 47.3 Å². The third kappa shape index (κ3) is 4.09. The summed E-state index contributed by atoms with van der Waals surface area (Å²) in [4.78, 5) is 24.9. The third-order valence-corrected chi connectivity index (χ3v) is 3.44. The molecule has 6 nitrogen and oxygen atoms in total. The molecule has 0 saturated carbocycles. The van der Waals surface area contributed by atoms with Gasteiger partial charge in [0.25, 0.3) is 0 Å². The van der Waals surface area contributed by atoms with Crippen molar-refractivity contribution in [3.05, 3.63) is 0 Å². The molecule has 0 aliphatic carbocycles. The molecule has 0 aromatic rings. The molecule has 19 heavy (non-hydrogen) atoms. The van der Waals surface area contributed by atoms with E-state index in [1.54, 1.807) is 4.90 Å². The monoisotopic (exact) mass is 272 g/mol. The second-order valence-corrected chi connectivity index (χ2v) is 6.11. The van der Waals surface area contributed by atoms with Crippen LogP contribution < -0.4 is 5.73 Å². The fraction of sp³-hybridized carbons (Fsp3) is 0.846. The summed E-state index contributed by atoms with van der Waals surface area (Å²) in [6.07, 6.45) is 1.12. The van der Waals surface area contributed by atoms with Gasteiger partial charge < -0.3 is 20.5 Å². The lowest BCUT2D eigenvalue weighted by atomic mass is 9.81. The minimum absolute atomic E-state index is 0.102. The van der Waals surface area contributed by atoms with Gasteiger partial charge in [0.15, 0.2) is 0 Å². The van der Waals surface area contributed by atoms with Crippen LogP contribution in [0.4, 0.5) is 4.79 Å². The number of nitrogens with two attached hydrogens (primary N) is 1. The summed E-state index contributed by atoms with van der Waals surface area (Å²) in [5, 5.41) is 9.31. The molecule has 1 rings (SSSR count). The molecule has 0 radical (unpaired) electrons. The molecule has 1 fully saturated rings. The average Bonchev–Trinajstić information content (AvgIpc) is 2.49. The van der Waals surface area contributed by atoms with Crippen molar-refractivity contribution in [2.75, 3.05) is 19.6 Å². The summed E-state index contributed by atoms with van der Waals surface area (Å²) >= 11 is 0. The number of hydrogen-bond acceptors (Lipinski definition) is 4. The molecule has 6 heteroatoms. The standard InChI is InChI=1S/C13H24N2O4/c1-12(2,3)19-11(18)15-7-4-5-13(9-14,6-8-15)10(16)17/h4-9,14H2,1-3H3,(H,16,17). The van der Waals surface area contributed by atoms with Gasteiger partial charge in [-0.3, -0.25) is 4.79 Å². The molecule has 1 heterocycles. The molecule has 0 aromatic heterocycles. The van der Waals surface area contributed by atoms with E-state index in [-0.39, 0.29) is 12.6 Å². The van der Waals surface area contributed by atoms with Crippen molar-refractivity contribution in [2.24, 2.45) is 11.1 Å². The number of hydrogen-bond donors (Lipinski definition) is 2. The number of likely N-dealkylation sites (tertiary alicyclic amines) is 1. The van der Waals surface area contributed by atoms with E-state index < -0.39 is 17.0 Å². The third-order valence-electron chi connectivity index (χ3n) is 3.44. The van der Waals surface area contributed by atoms with E-state index in [9.17, 15) is 14.7 Å². The minimum atomic E-state index is -0.906. The van der Waals surface area contributed by atoms with Crippen molar-refractivity contribution in [2.45, 2.75) is 45.6 Å². The highest BCUT2D eigenvalue weighted by Crippen LogP contribution is 2.31. The largest absolute Gasteiger partial charge is 0.481 e. The number of ether oxygens (including phenoxy) is 1. The number of nitrogens with zero attached hydrogens (tertiary/aromatic N) is 1. The van der Waals surface area contributed by atoms with Gasteiger partial charge in [-0.2, -0.15) is 0 Å². The first-order valence-electron chi connectivity index (χ1n) is 6.62. The summed E-state index contributed by atoms with van der Waals surface area (Å²) in [5.74, 6) is -0.874. The van der Waals surface area contributed by atoms with Crippen LogP contribution in [0.15, 0.2) is 0 Å². The molecule has 0 bridgehead atoms. The van der Waals surface area contributed by atoms with Gasteiger partial charge in [0.05, 0.1) is 5.41 Å². The van der Waals surface area contributed by atoms with Crippen molar-refractivity contribution >= 4 is 12.1 Å². The molecular weight excluding hydrogens is 248 g/mol. The predicted octanol–water partition coefficient (Wildman–Crippen LogP) is 1.44. The van der Waals surface area contributed by atoms with Crippen molar-refractivity contribution in [3.8, 4) is 0 Å². The van der Waals surface area contributed by atoms with Gasteiger partial charge in [0.1, 0.15) is 5.60 Å². The van der Waals surface area contributed by atoms with Gasteiger partial charge in [0, 0.05) is 19.6 Å². The van der Waals surface area contributed by atoms with E-state index >= 15 is 0 Å². The maximum atomic E-state index is 12.0. The Bertz CT molecular complexity index is 351. The molecule has 1 aliphatic rings. The van der Waals surface area contributed by atoms with E-state index in [1.807, 2.05) is 20.8 Å². The lowest BCUT2D eigenvalue weighted by Crippen LogP contribution is -2.41. The topological polar surface area (TPSA) is 92.9 Å². The van der Waals surface area contributed by atoms with Gasteiger partial charge >= 0.3 is 12.1 Å². The first-order valence-corrected chi connectivity index (χ1v) is 6.62. The van der Waals surface area contributed by atoms with Crippen LogP contribution in [0.2, 0.25) is 0 Å². The Morgan fingerprint density at radius 1 is 1.32 bits per heavy atom. The van der Waals surface area contributed by atoms with Gasteiger partial charge in [-0.05, 0) is 40.0 Å². The summed E-state index contributed by atoms with van der Waals surface area (Å²) in [7, 11) is 0. The molecule has 0 spiro atoms. The van der Waals surface area contributed by atoms with Crippen LogP contribution in [0.3, 0.4) is 0 Å². The average molecular weight is 272 g/mol. The first-order chi connectivity index (χ1) is 8.70. The summed E-state index contributed by atoms with van der Waals surface area (Å²) in [6, 6.07) is 0. The Balaban J connectivity index is 2.69. The van der Waals surface area contributed by atoms with Crippen LogP contribution in [0.1, 0.15) is 40.0 Å². The Kier molecular flexibility index (Phi) is 4.79. The Hall–Kier alpha value is -1.30. The number of carbonyl (C=O) groups is 2. The number of amides is 1. The van der Waals surface area contributed by atoms with Crippen molar-refractivity contribution in [1.29, 1.82) is 0 Å². The molecule has 1 unspecified atom stereocenters. The van der Waals surface area contributed by atoms with Crippen LogP contribution in [0.5, 0.6) is 0 Å². The summed E-state index contributed by atoms with van der Waals surface area (Å²) in [5.41, 5.74) is 4.17. The van der Waals surface area contributed by atoms with Crippen LogP contribution >= 0.6 is 0 Å². The molecule has 1 atom stereocenters. The molecular formula is C13H24N2O4. The van der Waals surface area contributed by atoms with Crippen LogP contribution in [0.25, 0.3) is 0 Å². The first kappa shape index (κ1) is 15.8. The zero-order chi connectivity index (χ0) is 14.7. The number of carboxylic acids is 1. The molecule has 0 aromatic carbocycles. The predicted molar refractivity (Wildman–Crippen MR) is 70.8 cm³/mol. The zero-order valence-corrected chi connectivity index (χ0v) is 11.9. The van der Waals surface area contributed by atoms with Gasteiger partial charge in [0.2, 0.25) is 0 Å². The highest BCUT2D eigenvalue weighted by molar-refractivity contribution is 5.75. The maximum Gasteiger partial charge on any atom is 0.410 e. The minimum Gasteiger partial charge on any atom is -0.481 e. The van der Waals surface area contributed by atoms with Crippen molar-refractivity contribution in [1.82, 2.24) is 4.90 Å². The van der Waals surface area contributed by atoms with Crippen molar-refractivity contribution < 1.29 is 19.4 Å². The number of aliphatic carboxylic acids is 1. The van der Waals surface area contributed by atoms with E-state index in [0.717, 1.165) is 0 Å². The Morgan fingerprint density at radius 2 is 1.95 bits per heavy atom. The van der Waals surface area contributed by atoms with Crippen molar-refractivity contribution in [3.63, 3.8) is 0 Å². The number of rotatable bonds is 2. The Morgan fingerprint density at radius 3 is 2.42 bits per heavy atom. The SMILES string of the molecule is CC(C)(C)OC(=O)N1CCCC(CN)(C(=O)O)CC1. The summed E-state index contributed by atoms with van der Waals surface area (Å²) < 4.78 is 5.30. The molecule has 1 amide bonds. The van der Waals surface area contributed by atoms with Gasteiger partial charge in [-0.25, -0.2) is 4.79 Å². The normalized spacial score (nSPS) is 24.7. The second kappa shape index (κ2) is 5.77. The maximum absolute atomic E-state index is 12.0. The number of carbonyl (C=O) groups excluding carboxylic acids is 1. The van der Waals surface area contributed by atoms with E-state index in [0.29, 0.717) is 32.4 Å². The van der Waals surface area contributed by atoms with Gasteiger partial charge in [-0.1, -0.05) is 0 Å². The van der Waals surface area contributed by atoms with E-state index in [1.165, 1.54) is 0 Å². The van der Waals surface area contributed by atoms with Gasteiger partial charge in [-0.15, -0.1) is 0 Å². The van der Waals surface area contributed by atoms with Crippen LogP contribution in [-0.2, 0) is 9.53 Å². The quantitative estimate of drug-likeness (QED) is 0.793. The molecule has 3 N–H and O–H groups in total. The highest BCUT2D eigenvalue weighted by Gasteiger charge is 2.39. The summed E-state index contributed by atoms with van der Waals surface area (Å²) in [6.45, 7) is 6.42.